The molecule has 0 saturated carbocycles. The fourth-order valence-electron chi connectivity index (χ4n) is 1.98. The van der Waals surface area contributed by atoms with Gasteiger partial charge in [-0.2, -0.15) is 4.99 Å². The number of nitrogens with one attached hydrogen (secondary N) is 2. The highest BCUT2D eigenvalue weighted by molar-refractivity contribution is 6.17. The van der Waals surface area contributed by atoms with Crippen LogP contribution in [0.25, 0.3) is 0 Å². The molecule has 8 N–H and O–H groups in total. The van der Waals surface area contributed by atoms with Crippen molar-refractivity contribution in [2.75, 3.05) is 6.61 Å². The fourth-order valence-corrected chi connectivity index (χ4v) is 1.98. The van der Waals surface area contributed by atoms with Crippen molar-refractivity contribution in [3.05, 3.63) is 0 Å². The molecule has 0 bridgehead atoms. The third-order valence-corrected chi connectivity index (χ3v) is 3.11. The molecule has 6 unspecified atom stereocenters. The number of nitrogens with zero attached hydrogens (tertiary/aromatic N) is 1. The van der Waals surface area contributed by atoms with Crippen molar-refractivity contribution in [2.24, 2.45) is 10.7 Å². The summed E-state index contributed by atoms with van der Waals surface area (Å²) in [6.07, 6.45) is -8.95. The number of aliphatic hydroxyl groups excluding tert-OH is 4. The Kier molecular flexibility index (Phi) is 4.51. The summed E-state index contributed by atoms with van der Waals surface area (Å²) in [5, 5.41) is 47.3. The average molecular weight is 304 g/mol. The van der Waals surface area contributed by atoms with E-state index >= 15 is 0 Å². The molecule has 0 aromatic heterocycles. The SMILES string of the molecule is N=C1N=C(N)C(OC2OC(CO)C(O)C(O)C2O)C(=O)N1. The molecule has 6 atom stereocenters. The molecule has 11 heteroatoms. The molecule has 1 saturated heterocycles. The van der Waals surface area contributed by atoms with Gasteiger partial charge in [-0.1, -0.05) is 0 Å². The van der Waals surface area contributed by atoms with Crippen LogP contribution >= 0.6 is 0 Å². The smallest absolute Gasteiger partial charge is 0.263 e. The molecule has 1 fully saturated rings. The number of aliphatic imine (C=N–C) groups is 1. The number of ether oxygens (including phenoxy) is 2. The monoisotopic (exact) mass is 304 g/mol. The number of rotatable bonds is 3. The first kappa shape index (κ1) is 15.8. The molecule has 2 aliphatic rings. The zero-order chi connectivity index (χ0) is 15.7. The summed E-state index contributed by atoms with van der Waals surface area (Å²) in [6.45, 7) is -0.629. The highest BCUT2D eigenvalue weighted by Crippen LogP contribution is 2.23. The number of carbonyl (C=O) groups excluding carboxylic acids is 1. The Bertz CT molecular complexity index is 468. The molecule has 118 valence electrons. The topological polar surface area (TPSA) is 191 Å². The van der Waals surface area contributed by atoms with E-state index in [0.717, 1.165) is 0 Å². The van der Waals surface area contributed by atoms with Gasteiger partial charge in [-0.25, -0.2) is 0 Å². The first-order chi connectivity index (χ1) is 9.85. The van der Waals surface area contributed by atoms with Gasteiger partial charge in [-0.05, 0) is 0 Å². The lowest BCUT2D eigenvalue weighted by atomic mass is 9.99. The maximum absolute atomic E-state index is 11.7. The molecule has 2 heterocycles. The Balaban J connectivity index is 2.13. The lowest BCUT2D eigenvalue weighted by Gasteiger charge is -2.40. The van der Waals surface area contributed by atoms with Crippen LogP contribution in [0.2, 0.25) is 0 Å². The van der Waals surface area contributed by atoms with Gasteiger partial charge in [-0.15, -0.1) is 0 Å². The quantitative estimate of drug-likeness (QED) is 0.271. The molecule has 0 radical (unpaired) electrons. The molecule has 1 amide bonds. The minimum absolute atomic E-state index is 0.319. The fraction of sp³-hybridized carbons (Fsp3) is 0.700. The predicted molar refractivity (Wildman–Crippen MR) is 66.1 cm³/mol. The van der Waals surface area contributed by atoms with Gasteiger partial charge in [0.2, 0.25) is 5.96 Å². The van der Waals surface area contributed by atoms with Crippen LogP contribution in [0.3, 0.4) is 0 Å². The van der Waals surface area contributed by atoms with E-state index in [-0.39, 0.29) is 5.84 Å². The van der Waals surface area contributed by atoms with E-state index in [1.807, 2.05) is 0 Å². The van der Waals surface area contributed by atoms with E-state index in [0.29, 0.717) is 0 Å². The number of nitrogens with two attached hydrogens (primary N) is 1. The standard InChI is InChI=1S/C10H16N4O7/c11-7-6(8(19)14-10(12)13-7)21-9-5(18)4(17)3(16)2(1-15)20-9/h2-6,9,15-18H,1H2,(H4,11,12,13,14,19). The van der Waals surface area contributed by atoms with Crippen LogP contribution < -0.4 is 11.1 Å². The molecule has 11 nitrogen and oxygen atoms in total. The van der Waals surface area contributed by atoms with Crippen molar-refractivity contribution in [1.82, 2.24) is 5.32 Å². The molecule has 0 aromatic rings. The summed E-state index contributed by atoms with van der Waals surface area (Å²) in [7, 11) is 0. The first-order valence-corrected chi connectivity index (χ1v) is 6.04. The summed E-state index contributed by atoms with van der Waals surface area (Å²) in [5.74, 6) is -1.56. The second-order valence-corrected chi connectivity index (χ2v) is 4.59. The molecule has 2 rings (SSSR count). The number of carbonyl (C=O) groups is 1. The number of amides is 1. The number of hydrogen-bond acceptors (Lipinski definition) is 9. The van der Waals surface area contributed by atoms with E-state index < -0.39 is 55.3 Å². The van der Waals surface area contributed by atoms with Crippen molar-refractivity contribution in [3.8, 4) is 0 Å². The Morgan fingerprint density at radius 3 is 2.57 bits per heavy atom. The Morgan fingerprint density at radius 1 is 1.33 bits per heavy atom. The molecular formula is C10H16N4O7. The van der Waals surface area contributed by atoms with E-state index in [1.54, 1.807) is 0 Å². The zero-order valence-electron chi connectivity index (χ0n) is 10.7. The van der Waals surface area contributed by atoms with Gasteiger partial charge < -0.3 is 35.6 Å². The third kappa shape index (κ3) is 3.02. The van der Waals surface area contributed by atoms with Gasteiger partial charge in [0.05, 0.1) is 6.61 Å². The highest BCUT2D eigenvalue weighted by Gasteiger charge is 2.46. The van der Waals surface area contributed by atoms with Crippen molar-refractivity contribution in [2.45, 2.75) is 36.8 Å². The third-order valence-electron chi connectivity index (χ3n) is 3.11. The number of amidine groups is 1. The minimum Gasteiger partial charge on any atom is -0.394 e. The number of guanidine groups is 1. The average Bonchev–Trinajstić information content (AvgIpc) is 2.42. The van der Waals surface area contributed by atoms with Crippen LogP contribution in [0.1, 0.15) is 0 Å². The summed E-state index contributed by atoms with van der Waals surface area (Å²) in [5.41, 5.74) is 5.48. The molecular weight excluding hydrogens is 288 g/mol. The second kappa shape index (κ2) is 6.01. The van der Waals surface area contributed by atoms with Crippen molar-refractivity contribution in [1.29, 1.82) is 5.41 Å². The Labute approximate surface area is 118 Å². The van der Waals surface area contributed by atoms with Crippen LogP contribution in [0, 0.1) is 5.41 Å². The number of aliphatic hydroxyl groups is 4. The highest BCUT2D eigenvalue weighted by atomic mass is 16.7. The van der Waals surface area contributed by atoms with Gasteiger partial charge in [0, 0.05) is 0 Å². The van der Waals surface area contributed by atoms with Crippen LogP contribution in [0.15, 0.2) is 4.99 Å². The van der Waals surface area contributed by atoms with Crippen LogP contribution in [-0.2, 0) is 14.3 Å². The van der Waals surface area contributed by atoms with Crippen molar-refractivity contribution < 1.29 is 34.7 Å². The molecule has 2 aliphatic heterocycles. The van der Waals surface area contributed by atoms with Crippen molar-refractivity contribution in [3.63, 3.8) is 0 Å². The molecule has 21 heavy (non-hydrogen) atoms. The lowest BCUT2D eigenvalue weighted by Crippen LogP contribution is -2.62. The van der Waals surface area contributed by atoms with Gasteiger partial charge in [0.25, 0.3) is 5.91 Å². The maximum atomic E-state index is 11.7. The first-order valence-electron chi connectivity index (χ1n) is 6.04. The second-order valence-electron chi connectivity index (χ2n) is 4.59. The Morgan fingerprint density at radius 2 is 2.00 bits per heavy atom. The minimum atomic E-state index is -1.66. The number of hydrogen-bond donors (Lipinski definition) is 7. The summed E-state index contributed by atoms with van der Waals surface area (Å²) in [4.78, 5) is 15.2. The maximum Gasteiger partial charge on any atom is 0.263 e. The lowest BCUT2D eigenvalue weighted by molar-refractivity contribution is -0.303. The normalized spacial score (nSPS) is 40.7. The Hall–Kier alpha value is -1.63. The van der Waals surface area contributed by atoms with E-state index in [9.17, 15) is 20.1 Å². The van der Waals surface area contributed by atoms with E-state index in [4.69, 9.17) is 25.7 Å². The van der Waals surface area contributed by atoms with Gasteiger partial charge in [-0.3, -0.25) is 15.5 Å². The summed E-state index contributed by atoms with van der Waals surface area (Å²) in [6, 6.07) is 0. The largest absolute Gasteiger partial charge is 0.394 e. The molecule has 0 spiro atoms. The van der Waals surface area contributed by atoms with Crippen LogP contribution in [0.4, 0.5) is 0 Å². The van der Waals surface area contributed by atoms with E-state index in [1.165, 1.54) is 0 Å². The van der Waals surface area contributed by atoms with E-state index in [2.05, 4.69) is 10.3 Å². The zero-order valence-corrected chi connectivity index (χ0v) is 10.7. The van der Waals surface area contributed by atoms with Crippen molar-refractivity contribution >= 4 is 17.7 Å². The van der Waals surface area contributed by atoms with Gasteiger partial charge >= 0.3 is 0 Å². The molecule has 0 aromatic carbocycles. The predicted octanol–water partition coefficient (Wildman–Crippen LogP) is -4.41. The summed E-state index contributed by atoms with van der Waals surface area (Å²) < 4.78 is 10.2. The van der Waals surface area contributed by atoms with Crippen LogP contribution in [0.5, 0.6) is 0 Å². The van der Waals surface area contributed by atoms with Crippen LogP contribution in [-0.4, -0.2) is 81.5 Å². The van der Waals surface area contributed by atoms with Gasteiger partial charge in [0.1, 0.15) is 30.3 Å². The summed E-state index contributed by atoms with van der Waals surface area (Å²) >= 11 is 0. The van der Waals surface area contributed by atoms with Gasteiger partial charge in [0.15, 0.2) is 12.4 Å². The molecule has 0 aliphatic carbocycles.